The van der Waals surface area contributed by atoms with E-state index in [1.165, 1.54) is 0 Å². The predicted molar refractivity (Wildman–Crippen MR) is 72.7 cm³/mol. The molecule has 0 unspecified atom stereocenters. The molecule has 0 saturated heterocycles. The SMILES string of the molecule is OCC(CO)(CO)NCc1ccc(Br)c(Br)c1. The second kappa shape index (κ2) is 6.82. The van der Waals surface area contributed by atoms with Crippen LogP contribution in [0.5, 0.6) is 0 Å². The fourth-order valence-corrected chi connectivity index (χ4v) is 1.93. The topological polar surface area (TPSA) is 72.7 Å². The molecule has 96 valence electrons. The lowest BCUT2D eigenvalue weighted by Gasteiger charge is -2.28. The summed E-state index contributed by atoms with van der Waals surface area (Å²) in [6.07, 6.45) is 0. The lowest BCUT2D eigenvalue weighted by Crippen LogP contribution is -2.54. The highest BCUT2D eigenvalue weighted by molar-refractivity contribution is 9.13. The first-order valence-electron chi connectivity index (χ1n) is 5.08. The quantitative estimate of drug-likeness (QED) is 0.605. The Balaban J connectivity index is 2.68. The third-order valence-electron chi connectivity index (χ3n) is 2.56. The maximum Gasteiger partial charge on any atom is 0.0884 e. The standard InChI is InChI=1S/C11H15Br2NO3/c12-9-2-1-8(3-10(9)13)4-14-11(5-15,6-16)7-17/h1-3,14-17H,4-7H2. The minimum absolute atomic E-state index is 0.322. The molecular weight excluding hydrogens is 354 g/mol. The second-order valence-electron chi connectivity index (χ2n) is 3.86. The summed E-state index contributed by atoms with van der Waals surface area (Å²) in [7, 11) is 0. The van der Waals surface area contributed by atoms with Crippen molar-refractivity contribution in [2.45, 2.75) is 12.1 Å². The Kier molecular flexibility index (Phi) is 6.05. The highest BCUT2D eigenvalue weighted by Gasteiger charge is 2.26. The molecule has 0 aliphatic rings. The van der Waals surface area contributed by atoms with Crippen molar-refractivity contribution < 1.29 is 15.3 Å². The largest absolute Gasteiger partial charge is 0.394 e. The zero-order valence-corrected chi connectivity index (χ0v) is 12.3. The van der Waals surface area contributed by atoms with Crippen LogP contribution in [0.3, 0.4) is 0 Å². The van der Waals surface area contributed by atoms with E-state index >= 15 is 0 Å². The first kappa shape index (κ1) is 15.1. The zero-order chi connectivity index (χ0) is 12.9. The van der Waals surface area contributed by atoms with E-state index in [1.54, 1.807) is 0 Å². The minimum atomic E-state index is -1.04. The van der Waals surface area contributed by atoms with Crippen molar-refractivity contribution in [1.29, 1.82) is 0 Å². The van der Waals surface area contributed by atoms with Gasteiger partial charge in [-0.1, -0.05) is 6.07 Å². The van der Waals surface area contributed by atoms with Gasteiger partial charge in [-0.2, -0.15) is 0 Å². The summed E-state index contributed by atoms with van der Waals surface area (Å²) in [5.41, 5.74) is -0.0562. The van der Waals surface area contributed by atoms with Gasteiger partial charge in [-0.3, -0.25) is 0 Å². The molecule has 0 aromatic heterocycles. The van der Waals surface area contributed by atoms with E-state index in [0.29, 0.717) is 6.54 Å². The molecule has 1 rings (SSSR count). The van der Waals surface area contributed by atoms with E-state index in [-0.39, 0.29) is 19.8 Å². The molecule has 0 atom stereocenters. The van der Waals surface area contributed by atoms with Gasteiger partial charge < -0.3 is 20.6 Å². The Bertz CT molecular complexity index is 361. The first-order valence-corrected chi connectivity index (χ1v) is 6.67. The molecule has 0 amide bonds. The van der Waals surface area contributed by atoms with Crippen molar-refractivity contribution in [2.75, 3.05) is 19.8 Å². The lowest BCUT2D eigenvalue weighted by molar-refractivity contribution is 0.0414. The molecule has 4 N–H and O–H groups in total. The third kappa shape index (κ3) is 4.01. The number of hydrogen-bond acceptors (Lipinski definition) is 4. The average Bonchev–Trinajstić information content (AvgIpc) is 2.36. The molecule has 0 aliphatic carbocycles. The van der Waals surface area contributed by atoms with Gasteiger partial charge in [-0.05, 0) is 49.6 Å². The molecule has 0 bridgehead atoms. The van der Waals surface area contributed by atoms with E-state index in [4.69, 9.17) is 15.3 Å². The summed E-state index contributed by atoms with van der Waals surface area (Å²) in [5.74, 6) is 0. The van der Waals surface area contributed by atoms with Crippen molar-refractivity contribution in [3.8, 4) is 0 Å². The van der Waals surface area contributed by atoms with Crippen LogP contribution in [0.2, 0.25) is 0 Å². The van der Waals surface area contributed by atoms with Crippen molar-refractivity contribution in [1.82, 2.24) is 5.32 Å². The van der Waals surface area contributed by atoms with Gasteiger partial charge in [0.05, 0.1) is 25.4 Å². The number of aliphatic hydroxyl groups excluding tert-OH is 3. The summed E-state index contributed by atoms with van der Waals surface area (Å²) < 4.78 is 1.89. The van der Waals surface area contributed by atoms with E-state index in [9.17, 15) is 0 Å². The molecule has 0 aliphatic heterocycles. The Morgan fingerprint density at radius 1 is 1.00 bits per heavy atom. The van der Waals surface area contributed by atoms with Crippen LogP contribution in [-0.2, 0) is 6.54 Å². The number of nitrogens with one attached hydrogen (secondary N) is 1. The van der Waals surface area contributed by atoms with Crippen LogP contribution in [0.4, 0.5) is 0 Å². The van der Waals surface area contributed by atoms with Crippen LogP contribution in [0.15, 0.2) is 27.1 Å². The fraction of sp³-hybridized carbons (Fsp3) is 0.455. The molecule has 0 radical (unpaired) electrons. The van der Waals surface area contributed by atoms with E-state index < -0.39 is 5.54 Å². The number of halogens is 2. The highest BCUT2D eigenvalue weighted by atomic mass is 79.9. The predicted octanol–water partition coefficient (Wildman–Crippen LogP) is 1.02. The second-order valence-corrected chi connectivity index (χ2v) is 5.57. The van der Waals surface area contributed by atoms with Gasteiger partial charge in [0.2, 0.25) is 0 Å². The van der Waals surface area contributed by atoms with Crippen LogP contribution in [0.25, 0.3) is 0 Å². The van der Waals surface area contributed by atoms with Crippen LogP contribution in [0, 0.1) is 0 Å². The summed E-state index contributed by atoms with van der Waals surface area (Å²) in [6.45, 7) is -0.513. The maximum absolute atomic E-state index is 9.15. The molecule has 17 heavy (non-hydrogen) atoms. The molecule has 4 nitrogen and oxygen atoms in total. The molecule has 6 heteroatoms. The number of hydrogen-bond donors (Lipinski definition) is 4. The zero-order valence-electron chi connectivity index (χ0n) is 9.16. The van der Waals surface area contributed by atoms with Gasteiger partial charge in [0.15, 0.2) is 0 Å². The Labute approximate surface area is 117 Å². The summed E-state index contributed by atoms with van der Waals surface area (Å²) >= 11 is 6.77. The van der Waals surface area contributed by atoms with Crippen molar-refractivity contribution in [3.63, 3.8) is 0 Å². The number of rotatable bonds is 6. The molecule has 1 aromatic rings. The van der Waals surface area contributed by atoms with Gasteiger partial charge in [0.1, 0.15) is 0 Å². The summed E-state index contributed by atoms with van der Waals surface area (Å²) in [5, 5.41) is 30.4. The van der Waals surface area contributed by atoms with Gasteiger partial charge in [0, 0.05) is 15.5 Å². The van der Waals surface area contributed by atoms with Crippen molar-refractivity contribution in [2.24, 2.45) is 0 Å². The molecule has 0 saturated carbocycles. The van der Waals surface area contributed by atoms with Gasteiger partial charge >= 0.3 is 0 Å². The normalized spacial score (nSPS) is 11.8. The van der Waals surface area contributed by atoms with E-state index in [0.717, 1.165) is 14.5 Å². The fourth-order valence-electron chi connectivity index (χ4n) is 1.26. The smallest absolute Gasteiger partial charge is 0.0884 e. The minimum Gasteiger partial charge on any atom is -0.394 e. The van der Waals surface area contributed by atoms with Gasteiger partial charge in [0.25, 0.3) is 0 Å². The monoisotopic (exact) mass is 367 g/mol. The van der Waals surface area contributed by atoms with Gasteiger partial charge in [-0.25, -0.2) is 0 Å². The summed E-state index contributed by atoms with van der Waals surface area (Å²) in [6, 6.07) is 5.74. The Morgan fingerprint density at radius 3 is 2.06 bits per heavy atom. The highest BCUT2D eigenvalue weighted by Crippen LogP contribution is 2.23. The molecule has 0 spiro atoms. The van der Waals surface area contributed by atoms with Crippen LogP contribution < -0.4 is 5.32 Å². The maximum atomic E-state index is 9.15. The van der Waals surface area contributed by atoms with Crippen LogP contribution in [-0.4, -0.2) is 40.7 Å². The Morgan fingerprint density at radius 2 is 1.59 bits per heavy atom. The van der Waals surface area contributed by atoms with Crippen molar-refractivity contribution in [3.05, 3.63) is 32.7 Å². The van der Waals surface area contributed by atoms with Crippen LogP contribution >= 0.6 is 31.9 Å². The molecule has 0 heterocycles. The number of aliphatic hydroxyl groups is 3. The number of benzene rings is 1. The molecular formula is C11H15Br2NO3. The van der Waals surface area contributed by atoms with E-state index in [2.05, 4.69) is 37.2 Å². The van der Waals surface area contributed by atoms with E-state index in [1.807, 2.05) is 18.2 Å². The molecule has 0 fully saturated rings. The average molecular weight is 369 g/mol. The van der Waals surface area contributed by atoms with Crippen LogP contribution in [0.1, 0.15) is 5.56 Å². The molecule has 1 aromatic carbocycles. The summed E-state index contributed by atoms with van der Waals surface area (Å²) in [4.78, 5) is 0. The first-order chi connectivity index (χ1) is 8.06. The Hall–Kier alpha value is 0.0200. The lowest BCUT2D eigenvalue weighted by atomic mass is 10.0. The van der Waals surface area contributed by atoms with Gasteiger partial charge in [-0.15, -0.1) is 0 Å². The van der Waals surface area contributed by atoms with Crippen molar-refractivity contribution >= 4 is 31.9 Å². The third-order valence-corrected chi connectivity index (χ3v) is 4.44.